The summed E-state index contributed by atoms with van der Waals surface area (Å²) in [6, 6.07) is 1.03. The lowest BCUT2D eigenvalue weighted by Gasteiger charge is -1.93. The van der Waals surface area contributed by atoms with Crippen molar-refractivity contribution < 1.29 is 14.7 Å². The van der Waals surface area contributed by atoms with E-state index >= 15 is 0 Å². The molecule has 1 rings (SSSR count). The van der Waals surface area contributed by atoms with Gasteiger partial charge in [0.2, 0.25) is 11.3 Å². The van der Waals surface area contributed by atoms with E-state index in [1.54, 1.807) is 0 Å². The molecule has 0 aromatic carbocycles. The Morgan fingerprint density at radius 2 is 1.95 bits per heavy atom. The van der Waals surface area contributed by atoms with E-state index in [9.17, 15) is 14.4 Å². The second kappa shape index (κ2) is 17.8. The predicted molar refractivity (Wildman–Crippen MR) is 84.5 cm³/mol. The third-order valence-electron chi connectivity index (χ3n) is 1.67. The first kappa shape index (κ1) is 23.9. The van der Waals surface area contributed by atoms with Crippen LogP contribution in [0.4, 0.5) is 0 Å². The summed E-state index contributed by atoms with van der Waals surface area (Å²) >= 11 is 0. The van der Waals surface area contributed by atoms with E-state index in [0.29, 0.717) is 6.29 Å². The Labute approximate surface area is 125 Å². The monoisotopic (exact) mass is 301 g/mol. The number of carbonyl (C=O) groups excluding carboxylic acids is 2. The summed E-state index contributed by atoms with van der Waals surface area (Å²) in [7, 11) is 1.50. The average Bonchev–Trinajstić information content (AvgIpc) is 2.52. The largest absolute Gasteiger partial charge is 0.503 e. The van der Waals surface area contributed by atoms with E-state index in [4.69, 9.17) is 5.11 Å². The first-order valence-electron chi connectivity index (χ1n) is 6.70. The number of aromatic hydroxyl groups is 1. The highest BCUT2D eigenvalue weighted by Gasteiger charge is 1.95. The summed E-state index contributed by atoms with van der Waals surface area (Å²) in [5.74, 6) is -0.326. The van der Waals surface area contributed by atoms with Crippen molar-refractivity contribution in [2.24, 2.45) is 5.73 Å². The molecular formula is C14H27N3O4. The normalized spacial score (nSPS) is 7.71. The van der Waals surface area contributed by atoms with E-state index in [0.717, 1.165) is 25.2 Å². The summed E-state index contributed by atoms with van der Waals surface area (Å²) in [5.41, 5.74) is 4.10. The molecule has 0 aliphatic carbocycles. The van der Waals surface area contributed by atoms with Crippen LogP contribution < -0.4 is 16.5 Å². The van der Waals surface area contributed by atoms with Crippen molar-refractivity contribution in [2.45, 2.75) is 34.1 Å². The maximum atomic E-state index is 10.6. The van der Waals surface area contributed by atoms with E-state index in [1.165, 1.54) is 14.0 Å². The average molecular weight is 301 g/mol. The molecule has 1 heterocycles. The Hall–Kier alpha value is -2.15. The Morgan fingerprint density at radius 3 is 2.24 bits per heavy atom. The number of rotatable bonds is 3. The van der Waals surface area contributed by atoms with E-state index in [-0.39, 0.29) is 17.4 Å². The number of aromatic amines is 1. The lowest BCUT2D eigenvalue weighted by atomic mass is 10.3. The van der Waals surface area contributed by atoms with E-state index < -0.39 is 5.43 Å². The fourth-order valence-corrected chi connectivity index (χ4v) is 0.849. The predicted octanol–water partition coefficient (Wildman–Crippen LogP) is 1.03. The number of aromatic nitrogens is 1. The number of hydrogen-bond donors (Lipinski definition) is 4. The third kappa shape index (κ3) is 15.8. The minimum absolute atomic E-state index is 0.0573. The fourth-order valence-electron chi connectivity index (χ4n) is 0.849. The molecule has 122 valence electrons. The Morgan fingerprint density at radius 1 is 1.43 bits per heavy atom. The highest BCUT2D eigenvalue weighted by Crippen LogP contribution is 1.95. The van der Waals surface area contributed by atoms with Gasteiger partial charge in [-0.05, 0) is 13.5 Å². The van der Waals surface area contributed by atoms with Crippen LogP contribution in [0.15, 0.2) is 17.1 Å². The van der Waals surface area contributed by atoms with Gasteiger partial charge in [0.15, 0.2) is 12.0 Å². The highest BCUT2D eigenvalue weighted by atomic mass is 16.3. The van der Waals surface area contributed by atoms with Gasteiger partial charge in [-0.25, -0.2) is 0 Å². The molecule has 0 atom stereocenters. The first-order valence-corrected chi connectivity index (χ1v) is 6.70. The molecule has 7 heteroatoms. The second-order valence-corrected chi connectivity index (χ2v) is 3.24. The summed E-state index contributed by atoms with van der Waals surface area (Å²) in [6.45, 7) is 8.35. The molecule has 0 unspecified atom stereocenters. The van der Waals surface area contributed by atoms with Crippen LogP contribution >= 0.6 is 0 Å². The van der Waals surface area contributed by atoms with Gasteiger partial charge in [0, 0.05) is 25.7 Å². The van der Waals surface area contributed by atoms with Gasteiger partial charge in [-0.2, -0.15) is 0 Å². The van der Waals surface area contributed by atoms with Gasteiger partial charge < -0.3 is 21.1 Å². The lowest BCUT2D eigenvalue weighted by molar-refractivity contribution is -0.118. The number of aldehydes is 1. The number of H-pyrrole nitrogens is 1. The topological polar surface area (TPSA) is 125 Å². The number of carbonyl (C=O) groups is 2. The van der Waals surface area contributed by atoms with Crippen molar-refractivity contribution in [3.63, 3.8) is 0 Å². The molecule has 0 bridgehead atoms. The molecule has 1 aromatic heterocycles. The molecule has 0 radical (unpaired) electrons. The van der Waals surface area contributed by atoms with E-state index in [2.05, 4.69) is 16.0 Å². The minimum atomic E-state index is -0.555. The summed E-state index contributed by atoms with van der Waals surface area (Å²) in [6.07, 6.45) is 2.59. The van der Waals surface area contributed by atoms with Gasteiger partial charge in [0.05, 0.1) is 5.69 Å². The first-order chi connectivity index (χ1) is 10.0. The molecule has 0 aliphatic rings. The number of hydrogen-bond acceptors (Lipinski definition) is 5. The van der Waals surface area contributed by atoms with Gasteiger partial charge in [0.25, 0.3) is 0 Å². The van der Waals surface area contributed by atoms with Gasteiger partial charge in [-0.1, -0.05) is 20.8 Å². The lowest BCUT2D eigenvalue weighted by Crippen LogP contribution is -2.19. The van der Waals surface area contributed by atoms with Gasteiger partial charge in [0.1, 0.15) is 0 Å². The van der Waals surface area contributed by atoms with Crippen LogP contribution in [0.2, 0.25) is 0 Å². The van der Waals surface area contributed by atoms with Crippen LogP contribution in [0, 0.1) is 0 Å². The molecule has 0 saturated carbocycles. The van der Waals surface area contributed by atoms with Gasteiger partial charge >= 0.3 is 0 Å². The van der Waals surface area contributed by atoms with Crippen LogP contribution in [0.1, 0.15) is 44.6 Å². The number of nitrogens with one attached hydrogen (secondary N) is 2. The Balaban J connectivity index is -0.000000260. The van der Waals surface area contributed by atoms with Crippen LogP contribution in [-0.2, 0) is 4.79 Å². The molecule has 0 saturated heterocycles. The van der Waals surface area contributed by atoms with Crippen LogP contribution in [0.5, 0.6) is 5.75 Å². The summed E-state index contributed by atoms with van der Waals surface area (Å²) in [5, 5.41) is 11.3. The zero-order valence-electron chi connectivity index (χ0n) is 13.4. The van der Waals surface area contributed by atoms with Crippen molar-refractivity contribution in [3.8, 4) is 5.75 Å². The zero-order chi connectivity index (χ0) is 17.3. The van der Waals surface area contributed by atoms with Crippen molar-refractivity contribution in [1.82, 2.24) is 10.3 Å². The maximum absolute atomic E-state index is 10.6. The SMILES string of the molecule is CC.CCCNC(C)=O.CN.O=Cc1cc(=O)c(O)c[nH]1. The van der Waals surface area contributed by atoms with Crippen molar-refractivity contribution in [2.75, 3.05) is 13.6 Å². The number of pyridine rings is 1. The Bertz CT molecular complexity index is 430. The van der Waals surface area contributed by atoms with Gasteiger partial charge in [-0.15, -0.1) is 0 Å². The van der Waals surface area contributed by atoms with Crippen LogP contribution in [0.3, 0.4) is 0 Å². The molecule has 5 N–H and O–H groups in total. The van der Waals surface area contributed by atoms with Crippen LogP contribution in [-0.4, -0.2) is 35.9 Å². The summed E-state index contributed by atoms with van der Waals surface area (Å²) < 4.78 is 0. The Kier molecular flexibility index (Phi) is 20.3. The fraction of sp³-hybridized carbons (Fsp3) is 0.500. The van der Waals surface area contributed by atoms with Gasteiger partial charge in [-0.3, -0.25) is 14.4 Å². The molecule has 1 amide bonds. The molecule has 7 nitrogen and oxygen atoms in total. The third-order valence-corrected chi connectivity index (χ3v) is 1.67. The molecule has 21 heavy (non-hydrogen) atoms. The molecule has 1 aromatic rings. The minimum Gasteiger partial charge on any atom is -0.503 e. The number of amides is 1. The molecular weight excluding hydrogens is 274 g/mol. The number of nitrogens with two attached hydrogens (primary N) is 1. The standard InChI is InChI=1S/C6H5NO3.C5H11NO.C2H6.CH5N/c8-3-4-1-5(9)6(10)2-7-4;1-3-4-6-5(2)7;2*1-2/h1-3,10H,(H,7,9);3-4H2,1-2H3,(H,6,7);1-2H3;2H2,1H3. The highest BCUT2D eigenvalue weighted by molar-refractivity contribution is 5.72. The maximum Gasteiger partial charge on any atom is 0.223 e. The molecule has 0 fully saturated rings. The smallest absolute Gasteiger partial charge is 0.223 e. The van der Waals surface area contributed by atoms with E-state index in [1.807, 2.05) is 20.8 Å². The van der Waals surface area contributed by atoms with Crippen molar-refractivity contribution in [1.29, 1.82) is 0 Å². The van der Waals surface area contributed by atoms with Crippen molar-refractivity contribution >= 4 is 12.2 Å². The second-order valence-electron chi connectivity index (χ2n) is 3.24. The molecule has 0 spiro atoms. The quantitative estimate of drug-likeness (QED) is 0.620. The summed E-state index contributed by atoms with van der Waals surface area (Å²) in [4.78, 5) is 33.1. The zero-order valence-corrected chi connectivity index (χ0v) is 13.4. The van der Waals surface area contributed by atoms with Crippen LogP contribution in [0.25, 0.3) is 0 Å². The molecule has 0 aliphatic heterocycles. The van der Waals surface area contributed by atoms with Crippen molar-refractivity contribution in [3.05, 3.63) is 28.2 Å².